The maximum Gasteiger partial charge on any atom is 0.338 e. The maximum atomic E-state index is 10.6. The van der Waals surface area contributed by atoms with Gasteiger partial charge in [0.15, 0.2) is 0 Å². The number of nitrogens with zero attached hydrogens (tertiary/aromatic N) is 1. The minimum atomic E-state index is -0.875. The van der Waals surface area contributed by atoms with Crippen LogP contribution >= 0.6 is 22.9 Å². The van der Waals surface area contributed by atoms with Crippen LogP contribution in [0.1, 0.15) is 10.4 Å². The van der Waals surface area contributed by atoms with Crippen LogP contribution in [0.2, 0.25) is 0 Å². The molecule has 0 saturated heterocycles. The Morgan fingerprint density at radius 1 is 1.64 bits per heavy atom. The van der Waals surface area contributed by atoms with Gasteiger partial charge in [-0.25, -0.2) is 4.79 Å². The number of rotatable bonds is 1. The standard InChI is InChI=1S/C6H3NO2S2/c8-6(9)3-2-10-4-1-7-11-5(3)4/h1-2H,(H,8,9). The predicted molar refractivity (Wildman–Crippen MR) is 44.5 cm³/mol. The van der Waals surface area contributed by atoms with Crippen molar-refractivity contribution in [3.63, 3.8) is 0 Å². The van der Waals surface area contributed by atoms with Crippen molar-refractivity contribution in [2.45, 2.75) is 0 Å². The first-order valence-electron chi connectivity index (χ1n) is 2.84. The van der Waals surface area contributed by atoms with E-state index < -0.39 is 5.97 Å². The largest absolute Gasteiger partial charge is 0.478 e. The summed E-state index contributed by atoms with van der Waals surface area (Å²) in [4.78, 5) is 10.6. The molecule has 3 nitrogen and oxygen atoms in total. The van der Waals surface area contributed by atoms with E-state index >= 15 is 0 Å². The molecule has 5 heteroatoms. The number of carboxylic acid groups (broad SMARTS) is 1. The summed E-state index contributed by atoms with van der Waals surface area (Å²) in [5.41, 5.74) is 0.368. The zero-order valence-corrected chi connectivity index (χ0v) is 6.91. The minimum absolute atomic E-state index is 0.368. The SMILES string of the molecule is O=C(O)c1csc2cnsc12. The zero-order chi connectivity index (χ0) is 7.84. The molecule has 0 saturated carbocycles. The second-order valence-electron chi connectivity index (χ2n) is 1.97. The molecule has 2 heterocycles. The van der Waals surface area contributed by atoms with Crippen LogP contribution in [-0.4, -0.2) is 15.4 Å². The Bertz CT molecular complexity index is 403. The Morgan fingerprint density at radius 3 is 3.18 bits per heavy atom. The average molecular weight is 185 g/mol. The second-order valence-corrected chi connectivity index (χ2v) is 3.69. The predicted octanol–water partition coefficient (Wildman–Crippen LogP) is 2.06. The zero-order valence-electron chi connectivity index (χ0n) is 5.27. The van der Waals surface area contributed by atoms with Crippen LogP contribution in [0.15, 0.2) is 11.6 Å². The molecule has 0 amide bonds. The topological polar surface area (TPSA) is 50.2 Å². The van der Waals surface area contributed by atoms with Crippen molar-refractivity contribution in [3.8, 4) is 0 Å². The molecular weight excluding hydrogens is 182 g/mol. The molecule has 56 valence electrons. The quantitative estimate of drug-likeness (QED) is 0.739. The number of hydrogen-bond acceptors (Lipinski definition) is 4. The van der Waals surface area contributed by atoms with E-state index in [0.717, 1.165) is 9.40 Å². The van der Waals surface area contributed by atoms with Crippen molar-refractivity contribution in [1.29, 1.82) is 0 Å². The molecule has 0 spiro atoms. The van der Waals surface area contributed by atoms with Crippen molar-refractivity contribution in [2.75, 3.05) is 0 Å². The van der Waals surface area contributed by atoms with Gasteiger partial charge in [0.1, 0.15) is 0 Å². The first-order valence-corrected chi connectivity index (χ1v) is 4.49. The fourth-order valence-corrected chi connectivity index (χ4v) is 2.66. The fraction of sp³-hybridized carbons (Fsp3) is 0. The molecule has 2 aromatic heterocycles. The van der Waals surface area contributed by atoms with E-state index in [4.69, 9.17) is 5.11 Å². The van der Waals surface area contributed by atoms with Gasteiger partial charge in [-0.05, 0) is 11.5 Å². The Labute approximate surface area is 70.1 Å². The molecule has 0 aliphatic carbocycles. The van der Waals surface area contributed by atoms with E-state index in [-0.39, 0.29) is 0 Å². The van der Waals surface area contributed by atoms with Crippen molar-refractivity contribution >= 4 is 38.2 Å². The molecule has 0 unspecified atom stereocenters. The summed E-state index contributed by atoms with van der Waals surface area (Å²) in [5.74, 6) is -0.875. The molecule has 0 atom stereocenters. The van der Waals surface area contributed by atoms with Crippen molar-refractivity contribution < 1.29 is 9.90 Å². The number of hydrogen-bond donors (Lipinski definition) is 1. The third kappa shape index (κ3) is 0.928. The van der Waals surface area contributed by atoms with E-state index in [1.54, 1.807) is 11.6 Å². The lowest BCUT2D eigenvalue weighted by atomic mass is 10.3. The van der Waals surface area contributed by atoms with Crippen LogP contribution in [0.4, 0.5) is 0 Å². The smallest absolute Gasteiger partial charge is 0.338 e. The van der Waals surface area contributed by atoms with Gasteiger partial charge in [0.25, 0.3) is 0 Å². The average Bonchev–Trinajstić information content (AvgIpc) is 2.41. The lowest BCUT2D eigenvalue weighted by molar-refractivity contribution is 0.0699. The maximum absolute atomic E-state index is 10.6. The number of fused-ring (bicyclic) bond motifs is 1. The molecule has 0 radical (unpaired) electrons. The van der Waals surface area contributed by atoms with Gasteiger partial charge in [-0.1, -0.05) is 0 Å². The number of aromatic carboxylic acids is 1. The normalized spacial score (nSPS) is 10.5. The summed E-state index contributed by atoms with van der Waals surface area (Å²) in [6, 6.07) is 0. The van der Waals surface area contributed by atoms with Gasteiger partial charge < -0.3 is 5.11 Å². The summed E-state index contributed by atoms with van der Waals surface area (Å²) >= 11 is 2.64. The highest BCUT2D eigenvalue weighted by molar-refractivity contribution is 7.24. The van der Waals surface area contributed by atoms with Crippen molar-refractivity contribution in [2.24, 2.45) is 0 Å². The third-order valence-electron chi connectivity index (χ3n) is 1.32. The van der Waals surface area contributed by atoms with Gasteiger partial charge in [0.2, 0.25) is 0 Å². The third-order valence-corrected chi connectivity index (χ3v) is 3.20. The highest BCUT2D eigenvalue weighted by Crippen LogP contribution is 2.28. The highest BCUT2D eigenvalue weighted by Gasteiger charge is 2.11. The lowest BCUT2D eigenvalue weighted by Crippen LogP contribution is -1.91. The first kappa shape index (κ1) is 6.75. The summed E-state index contributed by atoms with van der Waals surface area (Å²) in [5, 5.41) is 10.3. The Hall–Kier alpha value is -0.940. The molecule has 11 heavy (non-hydrogen) atoms. The highest BCUT2D eigenvalue weighted by atomic mass is 32.1. The van der Waals surface area contributed by atoms with Crippen LogP contribution in [0.3, 0.4) is 0 Å². The van der Waals surface area contributed by atoms with Gasteiger partial charge in [-0.15, -0.1) is 11.3 Å². The molecule has 0 fully saturated rings. The molecule has 0 aliphatic heterocycles. The van der Waals surface area contributed by atoms with Gasteiger partial charge in [0.05, 0.1) is 21.2 Å². The number of carboxylic acids is 1. The Balaban J connectivity index is 2.78. The number of thiophene rings is 1. The monoisotopic (exact) mass is 185 g/mol. The number of carbonyl (C=O) groups is 1. The van der Waals surface area contributed by atoms with Crippen LogP contribution in [0, 0.1) is 0 Å². The number of aromatic nitrogens is 1. The van der Waals surface area contributed by atoms with E-state index in [1.165, 1.54) is 22.9 Å². The van der Waals surface area contributed by atoms with Gasteiger partial charge >= 0.3 is 5.97 Å². The summed E-state index contributed by atoms with van der Waals surface area (Å²) in [7, 11) is 0. The van der Waals surface area contributed by atoms with Crippen molar-refractivity contribution in [1.82, 2.24) is 4.37 Å². The summed E-state index contributed by atoms with van der Waals surface area (Å²) in [6.07, 6.45) is 1.69. The van der Waals surface area contributed by atoms with Crippen LogP contribution < -0.4 is 0 Å². The lowest BCUT2D eigenvalue weighted by Gasteiger charge is -1.82. The molecule has 0 bridgehead atoms. The van der Waals surface area contributed by atoms with E-state index in [0.29, 0.717) is 5.56 Å². The summed E-state index contributed by atoms with van der Waals surface area (Å²) < 4.78 is 5.62. The molecule has 0 aliphatic rings. The first-order chi connectivity index (χ1) is 5.29. The fourth-order valence-electron chi connectivity index (χ4n) is 0.820. The molecule has 0 aromatic carbocycles. The van der Waals surface area contributed by atoms with Crippen molar-refractivity contribution in [3.05, 3.63) is 17.1 Å². The van der Waals surface area contributed by atoms with Gasteiger partial charge in [0, 0.05) is 5.38 Å². The van der Waals surface area contributed by atoms with Gasteiger partial charge in [-0.3, -0.25) is 0 Å². The van der Waals surface area contributed by atoms with Gasteiger partial charge in [-0.2, -0.15) is 4.37 Å². The molecule has 2 rings (SSSR count). The van der Waals surface area contributed by atoms with E-state index in [2.05, 4.69) is 4.37 Å². The second kappa shape index (κ2) is 2.28. The van der Waals surface area contributed by atoms with Crippen LogP contribution in [0.25, 0.3) is 9.40 Å². The van der Waals surface area contributed by atoms with Crippen LogP contribution in [0.5, 0.6) is 0 Å². The Morgan fingerprint density at radius 2 is 2.45 bits per heavy atom. The van der Waals surface area contributed by atoms with E-state index in [9.17, 15) is 4.79 Å². The molecular formula is C6H3NO2S2. The van der Waals surface area contributed by atoms with Crippen LogP contribution in [-0.2, 0) is 0 Å². The molecule has 1 N–H and O–H groups in total. The minimum Gasteiger partial charge on any atom is -0.478 e. The van der Waals surface area contributed by atoms with E-state index in [1.807, 2.05) is 0 Å². The Kier molecular flexibility index (Phi) is 1.40. The summed E-state index contributed by atoms with van der Waals surface area (Å²) in [6.45, 7) is 0. The molecule has 2 aromatic rings.